The molecule has 1 amide bonds. The zero-order valence-electron chi connectivity index (χ0n) is 17.4. The molecule has 3 aromatic rings. The lowest BCUT2D eigenvalue weighted by molar-refractivity contribution is -0.120. The summed E-state index contributed by atoms with van der Waals surface area (Å²) in [4.78, 5) is 30.6. The quantitative estimate of drug-likeness (QED) is 0.432. The molecular weight excluding hydrogens is 422 g/mol. The molecule has 0 aliphatic rings. The van der Waals surface area contributed by atoms with Gasteiger partial charge in [0.05, 0.1) is 29.0 Å². The zero-order chi connectivity index (χ0) is 21.8. The van der Waals surface area contributed by atoms with Crippen LogP contribution in [0.3, 0.4) is 0 Å². The van der Waals surface area contributed by atoms with E-state index in [1.807, 2.05) is 32.0 Å². The Kier molecular flexibility index (Phi) is 7.05. The van der Waals surface area contributed by atoms with Crippen LogP contribution < -0.4 is 15.6 Å². The largest absolute Gasteiger partial charge is 0.495 e. The van der Waals surface area contributed by atoms with Crippen LogP contribution in [0.5, 0.6) is 5.75 Å². The summed E-state index contributed by atoms with van der Waals surface area (Å²) in [5, 5.41) is 3.77. The molecule has 1 atom stereocenters. The molecular formula is C22H24ClN3O3S. The summed E-state index contributed by atoms with van der Waals surface area (Å²) in [5.74, 6) is 0.438. The first-order valence-corrected chi connectivity index (χ1v) is 10.9. The molecule has 8 heteroatoms. The van der Waals surface area contributed by atoms with Gasteiger partial charge in [-0.15, -0.1) is 0 Å². The van der Waals surface area contributed by atoms with E-state index < -0.39 is 5.25 Å². The minimum absolute atomic E-state index is 0.106. The molecule has 3 rings (SSSR count). The van der Waals surface area contributed by atoms with Crippen molar-refractivity contribution < 1.29 is 9.53 Å². The molecule has 6 nitrogen and oxygen atoms in total. The number of hydrogen-bond donors (Lipinski definition) is 1. The smallest absolute Gasteiger partial charge is 0.266 e. The lowest BCUT2D eigenvalue weighted by Gasteiger charge is -2.18. The third-order valence-corrected chi connectivity index (χ3v) is 5.86. The number of aromatic nitrogens is 2. The minimum Gasteiger partial charge on any atom is -0.495 e. The number of fused-ring (bicyclic) bond motifs is 1. The van der Waals surface area contributed by atoms with Crippen LogP contribution in [0, 0.1) is 6.92 Å². The van der Waals surface area contributed by atoms with Gasteiger partial charge in [-0.2, -0.15) is 0 Å². The van der Waals surface area contributed by atoms with E-state index >= 15 is 0 Å². The number of carbonyl (C=O) groups excluding carboxylic acids is 1. The SMILES string of the molecule is CCCNC(=O)C(C)Sc1nc2cc(Cl)ccc2c(=O)n1-c1cc(C)ccc1OC. The molecule has 1 aromatic heterocycles. The fraction of sp³-hybridized carbons (Fsp3) is 0.318. The molecule has 0 spiro atoms. The van der Waals surface area contributed by atoms with Gasteiger partial charge in [-0.1, -0.05) is 36.4 Å². The topological polar surface area (TPSA) is 73.2 Å². The van der Waals surface area contributed by atoms with Crippen molar-refractivity contribution in [3.8, 4) is 11.4 Å². The summed E-state index contributed by atoms with van der Waals surface area (Å²) in [6.07, 6.45) is 0.848. The lowest BCUT2D eigenvalue weighted by Crippen LogP contribution is -2.32. The summed E-state index contributed by atoms with van der Waals surface area (Å²) in [5.41, 5.74) is 1.79. The molecule has 0 radical (unpaired) electrons. The second-order valence-corrected chi connectivity index (χ2v) is 8.67. The zero-order valence-corrected chi connectivity index (χ0v) is 18.9. The predicted octanol–water partition coefficient (Wildman–Crippen LogP) is 4.36. The summed E-state index contributed by atoms with van der Waals surface area (Å²) in [7, 11) is 1.56. The Balaban J connectivity index is 2.22. The van der Waals surface area contributed by atoms with Gasteiger partial charge in [0.2, 0.25) is 5.91 Å². The Morgan fingerprint density at radius 3 is 2.77 bits per heavy atom. The van der Waals surface area contributed by atoms with Gasteiger partial charge in [-0.05, 0) is 56.2 Å². The molecule has 0 aliphatic carbocycles. The number of carbonyl (C=O) groups is 1. The Morgan fingerprint density at radius 1 is 1.30 bits per heavy atom. The van der Waals surface area contributed by atoms with Crippen LogP contribution in [-0.2, 0) is 4.79 Å². The van der Waals surface area contributed by atoms with Crippen LogP contribution >= 0.6 is 23.4 Å². The van der Waals surface area contributed by atoms with Crippen LogP contribution in [0.4, 0.5) is 0 Å². The number of aryl methyl sites for hydroxylation is 1. The average Bonchev–Trinajstić information content (AvgIpc) is 2.71. The summed E-state index contributed by atoms with van der Waals surface area (Å²) < 4.78 is 7.01. The Labute approximate surface area is 184 Å². The maximum atomic E-state index is 13.5. The van der Waals surface area contributed by atoms with Crippen molar-refractivity contribution in [3.63, 3.8) is 0 Å². The highest BCUT2D eigenvalue weighted by atomic mass is 35.5. The highest BCUT2D eigenvalue weighted by Crippen LogP contribution is 2.30. The van der Waals surface area contributed by atoms with Gasteiger partial charge in [0, 0.05) is 11.6 Å². The molecule has 1 unspecified atom stereocenters. The van der Waals surface area contributed by atoms with E-state index in [9.17, 15) is 9.59 Å². The second kappa shape index (κ2) is 9.53. The van der Waals surface area contributed by atoms with Gasteiger partial charge in [0.15, 0.2) is 5.16 Å². The van der Waals surface area contributed by atoms with E-state index in [2.05, 4.69) is 10.3 Å². The van der Waals surface area contributed by atoms with Gasteiger partial charge < -0.3 is 10.1 Å². The number of nitrogens with one attached hydrogen (secondary N) is 1. The fourth-order valence-electron chi connectivity index (χ4n) is 3.01. The van der Waals surface area contributed by atoms with Crippen molar-refractivity contribution in [2.75, 3.05) is 13.7 Å². The normalized spacial score (nSPS) is 12.0. The van der Waals surface area contributed by atoms with Gasteiger partial charge in [-0.3, -0.25) is 14.2 Å². The molecule has 0 fully saturated rings. The number of hydrogen-bond acceptors (Lipinski definition) is 5. The number of ether oxygens (including phenoxy) is 1. The molecule has 0 aliphatic heterocycles. The Morgan fingerprint density at radius 2 is 2.07 bits per heavy atom. The molecule has 158 valence electrons. The third kappa shape index (κ3) is 4.63. The lowest BCUT2D eigenvalue weighted by atomic mass is 10.2. The van der Waals surface area contributed by atoms with Crippen LogP contribution in [0.2, 0.25) is 5.02 Å². The van der Waals surface area contributed by atoms with Crippen molar-refractivity contribution in [2.24, 2.45) is 0 Å². The van der Waals surface area contributed by atoms with Crippen LogP contribution in [0.15, 0.2) is 46.3 Å². The minimum atomic E-state index is -0.442. The standard InChI is InChI=1S/C22H24ClN3O3S/c1-5-10-24-20(27)14(3)30-22-25-17-12-15(23)7-8-16(17)21(28)26(22)18-11-13(2)6-9-19(18)29-4/h6-9,11-12,14H,5,10H2,1-4H3,(H,24,27). The summed E-state index contributed by atoms with van der Waals surface area (Å²) in [6.45, 7) is 6.33. The van der Waals surface area contributed by atoms with Crippen LogP contribution in [-0.4, -0.2) is 34.4 Å². The second-order valence-electron chi connectivity index (χ2n) is 6.92. The highest BCUT2D eigenvalue weighted by molar-refractivity contribution is 8.00. The van der Waals surface area contributed by atoms with Crippen molar-refractivity contribution in [1.82, 2.24) is 14.9 Å². The van der Waals surface area contributed by atoms with E-state index in [1.165, 1.54) is 16.3 Å². The van der Waals surface area contributed by atoms with Crippen molar-refractivity contribution >= 4 is 40.2 Å². The van der Waals surface area contributed by atoms with Gasteiger partial charge in [0.25, 0.3) is 5.56 Å². The van der Waals surface area contributed by atoms with Gasteiger partial charge >= 0.3 is 0 Å². The Hall–Kier alpha value is -2.51. The average molecular weight is 446 g/mol. The number of methoxy groups -OCH3 is 1. The van der Waals surface area contributed by atoms with Crippen LogP contribution in [0.1, 0.15) is 25.8 Å². The van der Waals surface area contributed by atoms with Gasteiger partial charge in [0.1, 0.15) is 5.75 Å². The Bertz CT molecular complexity index is 1150. The maximum absolute atomic E-state index is 13.5. The molecule has 0 bridgehead atoms. The third-order valence-electron chi connectivity index (χ3n) is 4.58. The van der Waals surface area contributed by atoms with E-state index in [0.29, 0.717) is 39.1 Å². The number of thioether (sulfide) groups is 1. The number of amides is 1. The first kappa shape index (κ1) is 22.2. The number of nitrogens with zero attached hydrogens (tertiary/aromatic N) is 2. The molecule has 2 aromatic carbocycles. The van der Waals surface area contributed by atoms with E-state index in [1.54, 1.807) is 32.2 Å². The van der Waals surface area contributed by atoms with Gasteiger partial charge in [-0.25, -0.2) is 4.98 Å². The first-order valence-electron chi connectivity index (χ1n) is 9.67. The highest BCUT2D eigenvalue weighted by Gasteiger charge is 2.22. The molecule has 1 heterocycles. The van der Waals surface area contributed by atoms with E-state index in [-0.39, 0.29) is 11.5 Å². The van der Waals surface area contributed by atoms with E-state index in [4.69, 9.17) is 16.3 Å². The van der Waals surface area contributed by atoms with Crippen molar-refractivity contribution in [1.29, 1.82) is 0 Å². The number of halogens is 1. The van der Waals surface area contributed by atoms with Crippen LogP contribution in [0.25, 0.3) is 16.6 Å². The van der Waals surface area contributed by atoms with Crippen molar-refractivity contribution in [2.45, 2.75) is 37.6 Å². The molecule has 0 saturated heterocycles. The number of benzene rings is 2. The first-order chi connectivity index (χ1) is 14.3. The predicted molar refractivity (Wildman–Crippen MR) is 122 cm³/mol. The summed E-state index contributed by atoms with van der Waals surface area (Å²) in [6, 6.07) is 10.6. The molecule has 1 N–H and O–H groups in total. The summed E-state index contributed by atoms with van der Waals surface area (Å²) >= 11 is 7.35. The number of rotatable bonds is 7. The molecule has 30 heavy (non-hydrogen) atoms. The maximum Gasteiger partial charge on any atom is 0.266 e. The molecule has 0 saturated carbocycles. The van der Waals surface area contributed by atoms with E-state index in [0.717, 1.165) is 12.0 Å². The van der Waals surface area contributed by atoms with Crippen molar-refractivity contribution in [3.05, 3.63) is 57.3 Å². The fourth-order valence-corrected chi connectivity index (χ4v) is 4.12. The monoisotopic (exact) mass is 445 g/mol.